The summed E-state index contributed by atoms with van der Waals surface area (Å²) in [5, 5.41) is 1.22. The van der Waals surface area contributed by atoms with E-state index in [2.05, 4.69) is 59.8 Å². The van der Waals surface area contributed by atoms with Crippen LogP contribution in [0.15, 0.2) is 47.5 Å². The number of sulfonamides is 1. The van der Waals surface area contributed by atoms with Gasteiger partial charge in [-0.1, -0.05) is 32.0 Å². The van der Waals surface area contributed by atoms with Crippen molar-refractivity contribution in [2.45, 2.75) is 31.6 Å². The lowest BCUT2D eigenvalue weighted by Crippen LogP contribution is -2.47. The summed E-state index contributed by atoms with van der Waals surface area (Å²) < 4.78 is 32.5. The summed E-state index contributed by atoms with van der Waals surface area (Å²) in [5.74, 6) is 2.23. The van der Waals surface area contributed by atoms with Crippen LogP contribution in [0.2, 0.25) is 0 Å². The Kier molecular flexibility index (Phi) is 6.65. The van der Waals surface area contributed by atoms with Gasteiger partial charge in [0.05, 0.1) is 18.7 Å². The molecule has 2 fully saturated rings. The molecule has 0 N–H and O–H groups in total. The highest BCUT2D eigenvalue weighted by atomic mass is 32.2. The van der Waals surface area contributed by atoms with Crippen molar-refractivity contribution in [1.82, 2.24) is 14.3 Å². The van der Waals surface area contributed by atoms with Crippen molar-refractivity contribution in [1.29, 1.82) is 0 Å². The molecular weight excluding hydrogens is 462 g/mol. The highest BCUT2D eigenvalue weighted by Gasteiger charge is 2.27. The fraction of sp³-hybridized carbons (Fsp3) is 0.462. The number of fused-ring (bicyclic) bond motifs is 1. The molecule has 1 aromatic carbocycles. The van der Waals surface area contributed by atoms with E-state index in [0.717, 1.165) is 43.3 Å². The number of para-hydroxylation sites is 1. The van der Waals surface area contributed by atoms with Gasteiger partial charge in [-0.15, -0.1) is 0 Å². The van der Waals surface area contributed by atoms with Crippen LogP contribution in [0.4, 0.5) is 11.6 Å². The summed E-state index contributed by atoms with van der Waals surface area (Å²) in [5.41, 5.74) is 3.62. The minimum atomic E-state index is -3.53. The van der Waals surface area contributed by atoms with E-state index < -0.39 is 10.0 Å². The second-order valence-corrected chi connectivity index (χ2v) is 11.5. The molecule has 186 valence electrons. The molecule has 2 saturated heterocycles. The lowest BCUT2D eigenvalue weighted by Gasteiger charge is -2.36. The Morgan fingerprint density at radius 3 is 2.23 bits per heavy atom. The average molecular weight is 496 g/mol. The molecule has 0 spiro atoms. The maximum absolute atomic E-state index is 12.9. The molecule has 0 radical (unpaired) electrons. The SMILES string of the molecule is Cc1cc(N2CCN(c3ccc(S(=O)(=O)N4CCOCC4)cn3)CC2)nc2c(C(C)C)cccc12. The summed E-state index contributed by atoms with van der Waals surface area (Å²) in [6, 6.07) is 12.1. The molecular formula is C26H33N5O3S. The second-order valence-electron chi connectivity index (χ2n) is 9.54. The summed E-state index contributed by atoms with van der Waals surface area (Å²) in [6.45, 7) is 11.5. The van der Waals surface area contributed by atoms with Gasteiger partial charge < -0.3 is 14.5 Å². The van der Waals surface area contributed by atoms with Crippen molar-refractivity contribution in [3.8, 4) is 0 Å². The number of morpholine rings is 1. The number of hydrogen-bond acceptors (Lipinski definition) is 7. The number of pyridine rings is 2. The van der Waals surface area contributed by atoms with E-state index in [1.807, 2.05) is 6.07 Å². The molecule has 0 saturated carbocycles. The molecule has 2 aromatic heterocycles. The van der Waals surface area contributed by atoms with Crippen LogP contribution in [-0.2, 0) is 14.8 Å². The van der Waals surface area contributed by atoms with Gasteiger partial charge in [0.1, 0.15) is 16.5 Å². The summed E-state index contributed by atoms with van der Waals surface area (Å²) in [4.78, 5) is 14.3. The maximum Gasteiger partial charge on any atom is 0.244 e. The van der Waals surface area contributed by atoms with Crippen LogP contribution in [0, 0.1) is 6.92 Å². The lowest BCUT2D eigenvalue weighted by molar-refractivity contribution is 0.0730. The molecule has 0 amide bonds. The van der Waals surface area contributed by atoms with E-state index in [-0.39, 0.29) is 4.90 Å². The monoisotopic (exact) mass is 495 g/mol. The molecule has 0 aliphatic carbocycles. The molecule has 0 atom stereocenters. The smallest absolute Gasteiger partial charge is 0.244 e. The molecule has 4 heterocycles. The normalized spacial score (nSPS) is 17.9. The third kappa shape index (κ3) is 4.72. The predicted octanol–water partition coefficient (Wildman–Crippen LogP) is 3.41. The third-order valence-electron chi connectivity index (χ3n) is 6.94. The van der Waals surface area contributed by atoms with E-state index in [9.17, 15) is 8.42 Å². The molecule has 5 rings (SSSR count). The molecule has 9 heteroatoms. The van der Waals surface area contributed by atoms with E-state index in [1.165, 1.54) is 27.0 Å². The molecule has 35 heavy (non-hydrogen) atoms. The molecule has 0 unspecified atom stereocenters. The Bertz CT molecular complexity index is 1300. The lowest BCUT2D eigenvalue weighted by atomic mass is 9.98. The minimum absolute atomic E-state index is 0.235. The zero-order valence-corrected chi connectivity index (χ0v) is 21.5. The first-order chi connectivity index (χ1) is 16.8. The number of rotatable bonds is 5. The van der Waals surface area contributed by atoms with Crippen molar-refractivity contribution >= 4 is 32.6 Å². The molecule has 8 nitrogen and oxygen atoms in total. The van der Waals surface area contributed by atoms with Crippen molar-refractivity contribution in [3.63, 3.8) is 0 Å². The number of nitrogens with zero attached hydrogens (tertiary/aromatic N) is 5. The van der Waals surface area contributed by atoms with Crippen molar-refractivity contribution in [3.05, 3.63) is 53.7 Å². The molecule has 0 bridgehead atoms. The highest BCUT2D eigenvalue weighted by molar-refractivity contribution is 7.89. The highest BCUT2D eigenvalue weighted by Crippen LogP contribution is 2.29. The van der Waals surface area contributed by atoms with Gasteiger partial charge in [0.2, 0.25) is 10.0 Å². The Morgan fingerprint density at radius 2 is 1.60 bits per heavy atom. The van der Waals surface area contributed by atoms with E-state index in [4.69, 9.17) is 9.72 Å². The van der Waals surface area contributed by atoms with Gasteiger partial charge in [-0.2, -0.15) is 4.31 Å². The number of benzene rings is 1. The fourth-order valence-corrected chi connectivity index (χ4v) is 6.22. The summed E-state index contributed by atoms with van der Waals surface area (Å²) in [6.07, 6.45) is 1.48. The Balaban J connectivity index is 1.29. The van der Waals surface area contributed by atoms with Crippen LogP contribution < -0.4 is 9.80 Å². The second kappa shape index (κ2) is 9.72. The summed E-state index contributed by atoms with van der Waals surface area (Å²) in [7, 11) is -3.53. The Hall–Kier alpha value is -2.75. The molecule has 2 aliphatic rings. The van der Waals surface area contributed by atoms with Gasteiger partial charge in [0.15, 0.2) is 0 Å². The van der Waals surface area contributed by atoms with Gasteiger partial charge in [-0.05, 0) is 42.2 Å². The van der Waals surface area contributed by atoms with E-state index >= 15 is 0 Å². The van der Waals surface area contributed by atoms with Crippen LogP contribution in [0.25, 0.3) is 10.9 Å². The standard InChI is InChI=1S/C26H33N5O3S/c1-19(2)22-5-4-6-23-20(3)17-25(28-26(22)23)30-11-9-29(10-12-30)24-8-7-21(18-27-24)35(32,33)31-13-15-34-16-14-31/h4-8,17-19H,9-16H2,1-3H3. The number of anilines is 2. The van der Waals surface area contributed by atoms with Gasteiger partial charge in [-0.3, -0.25) is 0 Å². The largest absolute Gasteiger partial charge is 0.379 e. The average Bonchev–Trinajstić information content (AvgIpc) is 2.89. The zero-order valence-electron chi connectivity index (χ0n) is 20.6. The van der Waals surface area contributed by atoms with E-state index in [0.29, 0.717) is 32.2 Å². The zero-order chi connectivity index (χ0) is 24.6. The molecule has 3 aromatic rings. The number of piperazine rings is 1. The quantitative estimate of drug-likeness (QED) is 0.537. The first-order valence-electron chi connectivity index (χ1n) is 12.3. The number of aromatic nitrogens is 2. The first-order valence-corrected chi connectivity index (χ1v) is 13.7. The van der Waals surface area contributed by atoms with Gasteiger partial charge in [-0.25, -0.2) is 18.4 Å². The Labute approximate surface area is 207 Å². The fourth-order valence-electron chi connectivity index (χ4n) is 4.86. The number of hydrogen-bond donors (Lipinski definition) is 0. The summed E-state index contributed by atoms with van der Waals surface area (Å²) >= 11 is 0. The van der Waals surface area contributed by atoms with Crippen molar-refractivity contribution in [2.24, 2.45) is 0 Å². The first kappa shape index (κ1) is 24.0. The van der Waals surface area contributed by atoms with Gasteiger partial charge in [0.25, 0.3) is 0 Å². The van der Waals surface area contributed by atoms with Crippen LogP contribution in [-0.4, -0.2) is 75.2 Å². The topological polar surface area (TPSA) is 78.9 Å². The van der Waals surface area contributed by atoms with Crippen LogP contribution in [0.3, 0.4) is 0 Å². The third-order valence-corrected chi connectivity index (χ3v) is 8.82. The van der Waals surface area contributed by atoms with Crippen molar-refractivity contribution < 1.29 is 13.2 Å². The van der Waals surface area contributed by atoms with Crippen LogP contribution >= 0.6 is 0 Å². The number of aryl methyl sites for hydroxylation is 1. The molecule has 2 aliphatic heterocycles. The minimum Gasteiger partial charge on any atom is -0.379 e. The van der Waals surface area contributed by atoms with E-state index in [1.54, 1.807) is 6.07 Å². The van der Waals surface area contributed by atoms with Crippen LogP contribution in [0.1, 0.15) is 30.9 Å². The van der Waals surface area contributed by atoms with Gasteiger partial charge in [0, 0.05) is 50.9 Å². The van der Waals surface area contributed by atoms with Crippen molar-refractivity contribution in [2.75, 3.05) is 62.3 Å². The number of ether oxygens (including phenoxy) is 1. The van der Waals surface area contributed by atoms with Gasteiger partial charge >= 0.3 is 0 Å². The Morgan fingerprint density at radius 1 is 0.914 bits per heavy atom. The van der Waals surface area contributed by atoms with Crippen LogP contribution in [0.5, 0.6) is 0 Å². The maximum atomic E-state index is 12.9. The predicted molar refractivity (Wildman–Crippen MR) is 139 cm³/mol.